The second kappa shape index (κ2) is 7.17. The fourth-order valence-electron chi connectivity index (χ4n) is 1.80. The highest BCUT2D eigenvalue weighted by Gasteiger charge is 2.18. The third-order valence-electron chi connectivity index (χ3n) is 3.09. The molecule has 0 aliphatic heterocycles. The minimum atomic E-state index is -3.98. The Morgan fingerprint density at radius 2 is 1.92 bits per heavy atom. The lowest BCUT2D eigenvalue weighted by molar-refractivity contribution is -0.114. The predicted octanol–water partition coefficient (Wildman–Crippen LogP) is 2.83. The molecule has 130 valence electrons. The molecule has 0 fully saturated rings. The molecule has 0 saturated carbocycles. The number of benzene rings is 1. The number of hydrogen-bond acceptors (Lipinski definition) is 6. The lowest BCUT2D eigenvalue weighted by Gasteiger charge is -2.13. The van der Waals surface area contributed by atoms with E-state index in [9.17, 15) is 13.2 Å². The maximum atomic E-state index is 12.1. The molecule has 6 nitrogen and oxygen atoms in total. The number of amides is 1. The number of hydrogen-bond donors (Lipinski definition) is 1. The van der Waals surface area contributed by atoms with Gasteiger partial charge >= 0.3 is 0 Å². The Morgan fingerprint density at radius 1 is 1.28 bits per heavy atom. The molecule has 0 saturated heterocycles. The number of nitrogens with one attached hydrogen (secondary N) is 1. The van der Waals surface area contributed by atoms with Crippen LogP contribution in [0, 0.1) is 11.3 Å². The van der Waals surface area contributed by atoms with Crippen LogP contribution in [0.5, 0.6) is 0 Å². The van der Waals surface area contributed by atoms with E-state index in [4.69, 9.17) is 5.26 Å². The third kappa shape index (κ3) is 4.98. The number of thiazole rings is 1. The Labute approximate surface area is 150 Å². The summed E-state index contributed by atoms with van der Waals surface area (Å²) in [5, 5.41) is 9.65. The van der Waals surface area contributed by atoms with E-state index in [2.05, 4.69) is 4.98 Å². The molecule has 0 unspecified atom stereocenters. The van der Waals surface area contributed by atoms with Crippen LogP contribution in [0.25, 0.3) is 6.08 Å². The highest BCUT2D eigenvalue weighted by Crippen LogP contribution is 2.27. The topological polar surface area (TPSA) is 99.9 Å². The summed E-state index contributed by atoms with van der Waals surface area (Å²) in [4.78, 5) is 16.9. The molecule has 1 heterocycles. The molecule has 1 amide bonds. The number of sulfonamides is 1. The van der Waals surface area contributed by atoms with Gasteiger partial charge in [-0.2, -0.15) is 5.26 Å². The van der Waals surface area contributed by atoms with E-state index in [1.54, 1.807) is 6.20 Å². The maximum absolute atomic E-state index is 12.1. The molecule has 8 heteroatoms. The van der Waals surface area contributed by atoms with Gasteiger partial charge in [-0.25, -0.2) is 18.1 Å². The van der Waals surface area contributed by atoms with E-state index in [1.165, 1.54) is 41.7 Å². The van der Waals surface area contributed by atoms with E-state index >= 15 is 0 Å². The van der Waals surface area contributed by atoms with Crippen molar-refractivity contribution >= 4 is 33.3 Å². The minimum Gasteiger partial charge on any atom is -0.269 e. The standard InChI is InChI=1S/C17H17N3O3S2/c1-17(2,3)16-19-11-13(24-16)6-9-15(21)20-25(22,23)14-7-4-12(10-18)5-8-14/h4-9,11H,1-3H3,(H,20,21)/b9-6+. The summed E-state index contributed by atoms with van der Waals surface area (Å²) in [6.07, 6.45) is 4.32. The fraction of sp³-hybridized carbons (Fsp3) is 0.235. The zero-order valence-corrected chi connectivity index (χ0v) is 15.6. The highest BCUT2D eigenvalue weighted by molar-refractivity contribution is 7.90. The van der Waals surface area contributed by atoms with Gasteiger partial charge in [-0.1, -0.05) is 20.8 Å². The van der Waals surface area contributed by atoms with Gasteiger partial charge in [-0.05, 0) is 30.3 Å². The van der Waals surface area contributed by atoms with Gasteiger partial charge in [-0.3, -0.25) is 4.79 Å². The number of rotatable bonds is 4. The van der Waals surface area contributed by atoms with Crippen LogP contribution in [0.4, 0.5) is 0 Å². The van der Waals surface area contributed by atoms with Crippen molar-refractivity contribution in [2.24, 2.45) is 0 Å². The Hall–Kier alpha value is -2.50. The SMILES string of the molecule is CC(C)(C)c1ncc(/C=C/C(=O)NS(=O)(=O)c2ccc(C#N)cc2)s1. The second-order valence-electron chi connectivity index (χ2n) is 6.26. The van der Waals surface area contributed by atoms with Crippen LogP contribution in [-0.2, 0) is 20.2 Å². The van der Waals surface area contributed by atoms with E-state index < -0.39 is 15.9 Å². The number of nitriles is 1. The van der Waals surface area contributed by atoms with Crippen LogP contribution >= 0.6 is 11.3 Å². The summed E-state index contributed by atoms with van der Waals surface area (Å²) in [7, 11) is -3.98. The molecule has 2 rings (SSSR count). The smallest absolute Gasteiger partial charge is 0.264 e. The first-order valence-corrected chi connectivity index (χ1v) is 9.63. The first kappa shape index (κ1) is 18.8. The average molecular weight is 375 g/mol. The van der Waals surface area contributed by atoms with Gasteiger partial charge in [0.25, 0.3) is 15.9 Å². The summed E-state index contributed by atoms with van der Waals surface area (Å²) in [5.74, 6) is -0.755. The second-order valence-corrected chi connectivity index (χ2v) is 9.00. The van der Waals surface area contributed by atoms with Crippen molar-refractivity contribution in [1.82, 2.24) is 9.71 Å². The molecule has 0 aliphatic rings. The first-order valence-electron chi connectivity index (χ1n) is 7.33. The van der Waals surface area contributed by atoms with Crippen LogP contribution < -0.4 is 4.72 Å². The zero-order chi connectivity index (χ0) is 18.7. The van der Waals surface area contributed by atoms with Crippen molar-refractivity contribution in [2.75, 3.05) is 0 Å². The number of aromatic nitrogens is 1. The molecular weight excluding hydrogens is 358 g/mol. The van der Waals surface area contributed by atoms with Crippen LogP contribution in [0.2, 0.25) is 0 Å². The summed E-state index contributed by atoms with van der Waals surface area (Å²) < 4.78 is 26.2. The van der Waals surface area contributed by atoms with Gasteiger partial charge in [0.15, 0.2) is 0 Å². The van der Waals surface area contributed by atoms with Crippen LogP contribution in [0.1, 0.15) is 36.2 Å². The van der Waals surface area contributed by atoms with Gasteiger partial charge in [-0.15, -0.1) is 11.3 Å². The van der Waals surface area contributed by atoms with Crippen molar-refractivity contribution in [3.05, 3.63) is 52.0 Å². The summed E-state index contributed by atoms with van der Waals surface area (Å²) in [6.45, 7) is 6.11. The van der Waals surface area contributed by atoms with Crippen molar-refractivity contribution < 1.29 is 13.2 Å². The Kier molecular flexibility index (Phi) is 5.40. The van der Waals surface area contributed by atoms with Gasteiger partial charge in [0, 0.05) is 22.6 Å². The van der Waals surface area contributed by atoms with Crippen molar-refractivity contribution in [2.45, 2.75) is 31.1 Å². The van der Waals surface area contributed by atoms with Crippen molar-refractivity contribution in [3.63, 3.8) is 0 Å². The summed E-state index contributed by atoms with van der Waals surface area (Å²) in [5.41, 5.74) is 0.253. The molecule has 0 bridgehead atoms. The van der Waals surface area contributed by atoms with Gasteiger partial charge in [0.1, 0.15) is 0 Å². The van der Waals surface area contributed by atoms with E-state index in [0.29, 0.717) is 5.56 Å². The van der Waals surface area contributed by atoms with E-state index in [0.717, 1.165) is 16.0 Å². The third-order valence-corrected chi connectivity index (χ3v) is 5.84. The van der Waals surface area contributed by atoms with E-state index in [1.807, 2.05) is 31.6 Å². The molecule has 25 heavy (non-hydrogen) atoms. The summed E-state index contributed by atoms with van der Waals surface area (Å²) >= 11 is 1.44. The predicted molar refractivity (Wildman–Crippen MR) is 96.3 cm³/mol. The Bertz CT molecular complexity index is 944. The maximum Gasteiger partial charge on any atom is 0.264 e. The average Bonchev–Trinajstić information content (AvgIpc) is 3.02. The lowest BCUT2D eigenvalue weighted by atomic mass is 9.98. The molecule has 0 spiro atoms. The van der Waals surface area contributed by atoms with Crippen LogP contribution in [-0.4, -0.2) is 19.3 Å². The molecule has 0 aliphatic carbocycles. The van der Waals surface area contributed by atoms with Crippen molar-refractivity contribution in [3.8, 4) is 6.07 Å². The van der Waals surface area contributed by atoms with Gasteiger partial charge in [0.05, 0.1) is 21.5 Å². The Balaban J connectivity index is 2.08. The Morgan fingerprint density at radius 3 is 2.44 bits per heavy atom. The largest absolute Gasteiger partial charge is 0.269 e. The molecule has 0 atom stereocenters. The minimum absolute atomic E-state index is 0.0824. The molecular formula is C17H17N3O3S2. The lowest BCUT2D eigenvalue weighted by Crippen LogP contribution is -2.28. The first-order chi connectivity index (χ1) is 11.6. The molecule has 1 aromatic carbocycles. The molecule has 1 N–H and O–H groups in total. The van der Waals surface area contributed by atoms with Crippen LogP contribution in [0.3, 0.4) is 0 Å². The van der Waals surface area contributed by atoms with Gasteiger partial charge in [0.2, 0.25) is 0 Å². The number of carbonyl (C=O) groups is 1. The zero-order valence-electron chi connectivity index (χ0n) is 14.0. The number of nitrogens with zero attached hydrogens (tertiary/aromatic N) is 2. The van der Waals surface area contributed by atoms with Crippen LogP contribution in [0.15, 0.2) is 41.4 Å². The normalized spacial score (nSPS) is 12.1. The quantitative estimate of drug-likeness (QED) is 0.828. The highest BCUT2D eigenvalue weighted by atomic mass is 32.2. The molecule has 0 radical (unpaired) electrons. The monoisotopic (exact) mass is 375 g/mol. The summed E-state index contributed by atoms with van der Waals surface area (Å²) in [6, 6.07) is 7.20. The van der Waals surface area contributed by atoms with Crippen molar-refractivity contribution in [1.29, 1.82) is 5.26 Å². The van der Waals surface area contributed by atoms with E-state index in [-0.39, 0.29) is 10.3 Å². The number of carbonyl (C=O) groups excluding carboxylic acids is 1. The fourth-order valence-corrected chi connectivity index (χ4v) is 3.62. The van der Waals surface area contributed by atoms with Gasteiger partial charge < -0.3 is 0 Å². The molecule has 1 aromatic heterocycles. The molecule has 2 aromatic rings.